The summed E-state index contributed by atoms with van der Waals surface area (Å²) < 4.78 is 34.0. The summed E-state index contributed by atoms with van der Waals surface area (Å²) in [6, 6.07) is 0. The molecule has 0 aliphatic heterocycles. The maximum Gasteiger partial charge on any atom is 0.277 e. The van der Waals surface area contributed by atoms with E-state index in [-0.39, 0.29) is 19.0 Å². The molecule has 9 heteroatoms. The van der Waals surface area contributed by atoms with Crippen molar-refractivity contribution in [2.45, 2.75) is 50.5 Å². The smallest absolute Gasteiger partial charge is 0.277 e. The van der Waals surface area contributed by atoms with E-state index in [4.69, 9.17) is 15.7 Å². The van der Waals surface area contributed by atoms with Gasteiger partial charge in [0.15, 0.2) is 5.84 Å². The molecule has 1 aliphatic carbocycles. The lowest BCUT2D eigenvalue weighted by Crippen LogP contribution is -2.60. The summed E-state index contributed by atoms with van der Waals surface area (Å²) in [5.74, 6) is -0.0819. The number of rotatable bonds is 7. The highest BCUT2D eigenvalue weighted by atomic mass is 32.2. The molecule has 0 aromatic rings. The molecule has 0 amide bonds. The lowest BCUT2D eigenvalue weighted by Gasteiger charge is -2.34. The van der Waals surface area contributed by atoms with Crippen molar-refractivity contribution in [2.24, 2.45) is 10.9 Å². The van der Waals surface area contributed by atoms with Gasteiger partial charge >= 0.3 is 0 Å². The number of hydrogen-bond donors (Lipinski definition) is 4. The van der Waals surface area contributed by atoms with E-state index in [0.29, 0.717) is 12.8 Å². The van der Waals surface area contributed by atoms with Gasteiger partial charge in [-0.2, -0.15) is 17.9 Å². The van der Waals surface area contributed by atoms with E-state index in [9.17, 15) is 8.42 Å². The molecule has 0 radical (unpaired) electrons. The average molecular weight is 322 g/mol. The zero-order valence-corrected chi connectivity index (χ0v) is 13.3. The Morgan fingerprint density at radius 1 is 1.29 bits per heavy atom. The summed E-state index contributed by atoms with van der Waals surface area (Å²) in [6.07, 6.45) is 5.86. The SMILES string of the molecule is COCCNS(=O)(=O)NC1(C(N)=NO)CCCCCCC1. The summed E-state index contributed by atoms with van der Waals surface area (Å²) in [5, 5.41) is 12.1. The van der Waals surface area contributed by atoms with Gasteiger partial charge in [-0.3, -0.25) is 0 Å². The third kappa shape index (κ3) is 5.77. The second-order valence-electron chi connectivity index (χ2n) is 5.33. The minimum Gasteiger partial charge on any atom is -0.409 e. The molecule has 0 unspecified atom stereocenters. The van der Waals surface area contributed by atoms with Crippen LogP contribution < -0.4 is 15.2 Å². The lowest BCUT2D eigenvalue weighted by atomic mass is 9.84. The fraction of sp³-hybridized carbons (Fsp3) is 0.917. The number of ether oxygens (including phenoxy) is 1. The zero-order valence-electron chi connectivity index (χ0n) is 12.5. The van der Waals surface area contributed by atoms with Crippen LogP contribution in [-0.4, -0.2) is 45.3 Å². The number of nitrogens with zero attached hydrogens (tertiary/aromatic N) is 1. The highest BCUT2D eigenvalue weighted by Gasteiger charge is 2.38. The normalized spacial score (nSPS) is 20.7. The summed E-state index contributed by atoms with van der Waals surface area (Å²) in [7, 11) is -2.25. The molecule has 1 rings (SSSR count). The summed E-state index contributed by atoms with van der Waals surface area (Å²) in [4.78, 5) is 0. The van der Waals surface area contributed by atoms with Gasteiger partial charge in [-0.1, -0.05) is 37.3 Å². The maximum atomic E-state index is 12.1. The van der Waals surface area contributed by atoms with Gasteiger partial charge < -0.3 is 15.7 Å². The van der Waals surface area contributed by atoms with Crippen molar-refractivity contribution in [2.75, 3.05) is 20.3 Å². The molecule has 0 bridgehead atoms. The summed E-state index contributed by atoms with van der Waals surface area (Å²) in [5.41, 5.74) is 4.77. The first kappa shape index (κ1) is 18.1. The van der Waals surface area contributed by atoms with Crippen LogP contribution >= 0.6 is 0 Å². The fourth-order valence-electron chi connectivity index (χ4n) is 2.59. The fourth-order valence-corrected chi connectivity index (χ4v) is 3.83. The first-order valence-electron chi connectivity index (χ1n) is 7.21. The van der Waals surface area contributed by atoms with E-state index < -0.39 is 15.7 Å². The molecule has 5 N–H and O–H groups in total. The van der Waals surface area contributed by atoms with Gasteiger partial charge in [0.05, 0.1) is 12.1 Å². The van der Waals surface area contributed by atoms with Crippen molar-refractivity contribution < 1.29 is 18.4 Å². The molecule has 0 heterocycles. The highest BCUT2D eigenvalue weighted by Crippen LogP contribution is 2.27. The predicted molar refractivity (Wildman–Crippen MR) is 80.4 cm³/mol. The van der Waals surface area contributed by atoms with Crippen molar-refractivity contribution in [3.8, 4) is 0 Å². The molecule has 0 saturated heterocycles. The van der Waals surface area contributed by atoms with E-state index in [1.54, 1.807) is 0 Å². The summed E-state index contributed by atoms with van der Waals surface area (Å²) in [6.45, 7) is 0.440. The number of hydrogen-bond acceptors (Lipinski definition) is 5. The van der Waals surface area contributed by atoms with E-state index in [0.717, 1.165) is 32.1 Å². The molecule has 0 spiro atoms. The van der Waals surface area contributed by atoms with Crippen LogP contribution in [0.4, 0.5) is 0 Å². The van der Waals surface area contributed by atoms with Gasteiger partial charge in [0.2, 0.25) is 0 Å². The highest BCUT2D eigenvalue weighted by molar-refractivity contribution is 7.87. The zero-order chi connectivity index (χ0) is 15.8. The van der Waals surface area contributed by atoms with Crippen molar-refractivity contribution in [3.63, 3.8) is 0 Å². The van der Waals surface area contributed by atoms with E-state index in [1.165, 1.54) is 7.11 Å². The van der Waals surface area contributed by atoms with Gasteiger partial charge in [-0.25, -0.2) is 0 Å². The standard InChI is InChI=1S/C12H26N4O4S/c1-20-10-9-14-21(18,19)16-12(11(13)15-17)7-5-3-2-4-6-8-12/h14,16-17H,2-10H2,1H3,(H2,13,15). The first-order chi connectivity index (χ1) is 9.96. The molecule has 21 heavy (non-hydrogen) atoms. The quantitative estimate of drug-likeness (QED) is 0.176. The minimum atomic E-state index is -3.75. The Kier molecular flexibility index (Phi) is 7.36. The van der Waals surface area contributed by atoms with Crippen molar-refractivity contribution in [3.05, 3.63) is 0 Å². The molecule has 0 aromatic heterocycles. The average Bonchev–Trinajstić information content (AvgIpc) is 2.41. The third-order valence-corrected chi connectivity index (χ3v) is 4.98. The van der Waals surface area contributed by atoms with Crippen LogP contribution in [0.1, 0.15) is 44.9 Å². The molecule has 0 aromatic carbocycles. The molecule has 124 valence electrons. The van der Waals surface area contributed by atoms with Crippen LogP contribution in [0.25, 0.3) is 0 Å². The van der Waals surface area contributed by atoms with Crippen LogP contribution in [-0.2, 0) is 14.9 Å². The summed E-state index contributed by atoms with van der Waals surface area (Å²) >= 11 is 0. The Hall–Kier alpha value is -0.900. The number of nitrogens with two attached hydrogens (primary N) is 1. The first-order valence-corrected chi connectivity index (χ1v) is 8.69. The van der Waals surface area contributed by atoms with Gasteiger partial charge in [0.1, 0.15) is 0 Å². The van der Waals surface area contributed by atoms with Crippen molar-refractivity contribution in [1.29, 1.82) is 0 Å². The Balaban J connectivity index is 2.86. The Bertz CT molecular complexity index is 431. The Labute approximate surface area is 126 Å². The molecule has 1 fully saturated rings. The van der Waals surface area contributed by atoms with Gasteiger partial charge in [0, 0.05) is 13.7 Å². The number of methoxy groups -OCH3 is 1. The van der Waals surface area contributed by atoms with E-state index in [1.807, 2.05) is 0 Å². The third-order valence-electron chi connectivity index (χ3n) is 3.73. The molecule has 0 atom stereocenters. The topological polar surface area (TPSA) is 126 Å². The van der Waals surface area contributed by atoms with Crippen LogP contribution in [0.15, 0.2) is 5.16 Å². The number of oxime groups is 1. The van der Waals surface area contributed by atoms with Gasteiger partial charge in [-0.05, 0) is 12.8 Å². The van der Waals surface area contributed by atoms with Crippen LogP contribution in [0.5, 0.6) is 0 Å². The second kappa shape index (κ2) is 8.52. The monoisotopic (exact) mass is 322 g/mol. The van der Waals surface area contributed by atoms with E-state index >= 15 is 0 Å². The van der Waals surface area contributed by atoms with Crippen LogP contribution in [0, 0.1) is 0 Å². The second-order valence-corrected chi connectivity index (χ2v) is 6.83. The molecule has 1 aliphatic rings. The number of nitrogens with one attached hydrogen (secondary N) is 2. The Morgan fingerprint density at radius 2 is 1.86 bits per heavy atom. The van der Waals surface area contributed by atoms with E-state index in [2.05, 4.69) is 14.6 Å². The Morgan fingerprint density at radius 3 is 2.38 bits per heavy atom. The van der Waals surface area contributed by atoms with Crippen LogP contribution in [0.3, 0.4) is 0 Å². The molecule has 1 saturated carbocycles. The molecular weight excluding hydrogens is 296 g/mol. The lowest BCUT2D eigenvalue weighted by molar-refractivity contribution is 0.204. The minimum absolute atomic E-state index is 0.0819. The largest absolute Gasteiger partial charge is 0.409 e. The molecular formula is C12H26N4O4S. The van der Waals surface area contributed by atoms with Crippen molar-refractivity contribution in [1.82, 2.24) is 9.44 Å². The van der Waals surface area contributed by atoms with Gasteiger partial charge in [-0.15, -0.1) is 0 Å². The van der Waals surface area contributed by atoms with Crippen molar-refractivity contribution >= 4 is 16.0 Å². The maximum absolute atomic E-state index is 12.1. The van der Waals surface area contributed by atoms with Crippen LogP contribution in [0.2, 0.25) is 0 Å². The predicted octanol–water partition coefficient (Wildman–Crippen LogP) is 0.286. The number of amidine groups is 1. The van der Waals surface area contributed by atoms with Gasteiger partial charge in [0.25, 0.3) is 10.2 Å². The molecule has 8 nitrogen and oxygen atoms in total.